The average molecular weight is 405 g/mol. The van der Waals surface area contributed by atoms with Gasteiger partial charge in [0.15, 0.2) is 0 Å². The molecule has 0 N–H and O–H groups in total. The number of rotatable bonds is 1. The lowest BCUT2D eigenvalue weighted by Gasteiger charge is -2.43. The van der Waals surface area contributed by atoms with Crippen LogP contribution in [0.2, 0.25) is 0 Å². The van der Waals surface area contributed by atoms with Crippen LogP contribution in [0.4, 0.5) is 0 Å². The molecule has 0 aromatic heterocycles. The lowest BCUT2D eigenvalue weighted by molar-refractivity contribution is 0.162. The summed E-state index contributed by atoms with van der Waals surface area (Å²) >= 11 is 8.49. The van der Waals surface area contributed by atoms with Crippen molar-refractivity contribution in [1.82, 2.24) is 4.90 Å². The number of nitrogens with zero attached hydrogens (tertiary/aromatic N) is 1. The van der Waals surface area contributed by atoms with Crippen LogP contribution >= 0.6 is 34.8 Å². The second kappa shape index (κ2) is 6.43. The Bertz CT molecular complexity index is 373. The van der Waals surface area contributed by atoms with E-state index in [4.69, 9.17) is 12.2 Å². The Morgan fingerprint density at radius 2 is 2.15 bits per heavy atom. The first-order chi connectivity index (χ1) is 9.26. The first kappa shape index (κ1) is 17.0. The molecule has 0 radical (unpaired) electrons. The van der Waals surface area contributed by atoms with E-state index in [1.54, 1.807) is 0 Å². The molecule has 2 aliphatic rings. The second-order valence-corrected chi connectivity index (χ2v) is 10.8. The van der Waals surface area contributed by atoms with E-state index in [-0.39, 0.29) is 0 Å². The minimum Gasteiger partial charge on any atom is -0.369 e. The molecule has 4 unspecified atom stereocenters. The van der Waals surface area contributed by atoms with Gasteiger partial charge < -0.3 is 4.90 Å². The lowest BCUT2D eigenvalue weighted by Crippen LogP contribution is -2.43. The van der Waals surface area contributed by atoms with Gasteiger partial charge in [-0.15, -0.1) is 0 Å². The highest BCUT2D eigenvalue weighted by atomic mass is 127. The molecule has 20 heavy (non-hydrogen) atoms. The summed E-state index contributed by atoms with van der Waals surface area (Å²) in [4.78, 5) is 3.58. The summed E-state index contributed by atoms with van der Waals surface area (Å²) in [6.45, 7) is 6.07. The standard InChI is InChI=1S/C16H29BINS/c1-4-15(2)10-12-7-9-19(3)14(20)13(12)6-5-8-16(17,18)11-15/h12-13H,4-11,17H2,1-3H3. The van der Waals surface area contributed by atoms with Crippen LogP contribution in [0.3, 0.4) is 0 Å². The summed E-state index contributed by atoms with van der Waals surface area (Å²) in [5.74, 6) is 1.49. The summed E-state index contributed by atoms with van der Waals surface area (Å²) in [5, 5.41) is 0. The molecule has 2 rings (SSSR count). The third kappa shape index (κ3) is 3.90. The van der Waals surface area contributed by atoms with Crippen molar-refractivity contribution in [2.24, 2.45) is 17.3 Å². The molecule has 1 aliphatic heterocycles. The summed E-state index contributed by atoms with van der Waals surface area (Å²) in [5.41, 5.74) is 0.495. The molecule has 0 bridgehead atoms. The number of hydrogen-bond acceptors (Lipinski definition) is 1. The fourth-order valence-corrected chi connectivity index (χ4v) is 6.11. The molecule has 4 atom stereocenters. The van der Waals surface area contributed by atoms with Crippen molar-refractivity contribution in [2.75, 3.05) is 13.6 Å². The fraction of sp³-hybridized carbons (Fsp3) is 0.938. The van der Waals surface area contributed by atoms with Crippen LogP contribution in [0.25, 0.3) is 0 Å². The predicted molar refractivity (Wildman–Crippen MR) is 104 cm³/mol. The number of hydrogen-bond donors (Lipinski definition) is 0. The van der Waals surface area contributed by atoms with Crippen LogP contribution in [-0.4, -0.2) is 34.6 Å². The van der Waals surface area contributed by atoms with E-state index in [2.05, 4.69) is 56.2 Å². The number of halogens is 1. The van der Waals surface area contributed by atoms with Gasteiger partial charge in [0.2, 0.25) is 0 Å². The normalized spacial score (nSPS) is 43.4. The number of fused-ring (bicyclic) bond motifs is 1. The number of piperidine rings is 1. The van der Waals surface area contributed by atoms with E-state index in [0.29, 0.717) is 14.7 Å². The molecule has 2 fully saturated rings. The van der Waals surface area contributed by atoms with Crippen molar-refractivity contribution < 1.29 is 0 Å². The second-order valence-electron chi connectivity index (χ2n) is 7.77. The maximum absolute atomic E-state index is 5.77. The molecule has 1 saturated carbocycles. The molecule has 1 nitrogen and oxygen atoms in total. The highest BCUT2D eigenvalue weighted by Gasteiger charge is 2.40. The van der Waals surface area contributed by atoms with Gasteiger partial charge >= 0.3 is 0 Å². The molecular formula is C16H29BINS. The highest BCUT2D eigenvalue weighted by molar-refractivity contribution is 14.1. The molecule has 0 aromatic rings. The van der Waals surface area contributed by atoms with Gasteiger partial charge in [0, 0.05) is 19.5 Å². The highest BCUT2D eigenvalue weighted by Crippen LogP contribution is 2.47. The van der Waals surface area contributed by atoms with E-state index in [1.165, 1.54) is 56.5 Å². The zero-order chi connectivity index (χ0) is 15.0. The smallest absolute Gasteiger partial charge is 0.122 e. The van der Waals surface area contributed by atoms with Crippen molar-refractivity contribution in [1.29, 1.82) is 0 Å². The number of likely N-dealkylation sites (tertiary alicyclic amines) is 1. The molecule has 0 amide bonds. The molecule has 1 heterocycles. The zero-order valence-corrected chi connectivity index (χ0v) is 16.5. The Hall–Kier alpha value is 0.685. The van der Waals surface area contributed by atoms with Gasteiger partial charge in [0.25, 0.3) is 0 Å². The Kier molecular flexibility index (Phi) is 5.48. The largest absolute Gasteiger partial charge is 0.369 e. The minimum absolute atomic E-state index is 0.462. The summed E-state index contributed by atoms with van der Waals surface area (Å²) in [7, 11) is 4.65. The van der Waals surface area contributed by atoms with Crippen molar-refractivity contribution in [2.45, 2.75) is 62.1 Å². The van der Waals surface area contributed by atoms with Crippen LogP contribution in [0.15, 0.2) is 0 Å². The SMILES string of the molecule is BC1(I)CCCC2C(=S)N(C)CCC2CC(C)(CC)C1. The first-order valence-electron chi connectivity index (χ1n) is 8.20. The third-order valence-electron chi connectivity index (χ3n) is 5.71. The molecule has 0 aromatic carbocycles. The van der Waals surface area contributed by atoms with Gasteiger partial charge in [-0.05, 0) is 46.8 Å². The molecule has 114 valence electrons. The molecule has 0 spiro atoms. The van der Waals surface area contributed by atoms with Crippen molar-refractivity contribution in [3.05, 3.63) is 0 Å². The van der Waals surface area contributed by atoms with Gasteiger partial charge in [-0.3, -0.25) is 0 Å². The van der Waals surface area contributed by atoms with Crippen LogP contribution in [0, 0.1) is 17.3 Å². The maximum atomic E-state index is 5.77. The Morgan fingerprint density at radius 3 is 2.80 bits per heavy atom. The molecule has 1 saturated heterocycles. The van der Waals surface area contributed by atoms with Crippen LogP contribution < -0.4 is 0 Å². The van der Waals surface area contributed by atoms with Crippen molar-refractivity contribution in [3.63, 3.8) is 0 Å². The lowest BCUT2D eigenvalue weighted by atomic mass is 9.66. The third-order valence-corrected chi connectivity index (χ3v) is 7.25. The van der Waals surface area contributed by atoms with E-state index >= 15 is 0 Å². The van der Waals surface area contributed by atoms with Crippen LogP contribution in [0.5, 0.6) is 0 Å². The Labute approximate surface area is 145 Å². The predicted octanol–water partition coefficient (Wildman–Crippen LogP) is 4.03. The maximum Gasteiger partial charge on any atom is 0.122 e. The fourth-order valence-electron chi connectivity index (χ4n) is 4.40. The van der Waals surface area contributed by atoms with E-state index in [9.17, 15) is 0 Å². The Morgan fingerprint density at radius 1 is 1.45 bits per heavy atom. The van der Waals surface area contributed by atoms with Gasteiger partial charge in [-0.25, -0.2) is 0 Å². The van der Waals surface area contributed by atoms with Gasteiger partial charge in [0.05, 0.1) is 4.99 Å². The summed E-state index contributed by atoms with van der Waals surface area (Å²) in [6, 6.07) is 0. The quantitative estimate of drug-likeness (QED) is 0.281. The van der Waals surface area contributed by atoms with E-state index < -0.39 is 0 Å². The summed E-state index contributed by atoms with van der Waals surface area (Å²) in [6.07, 6.45) is 9.38. The number of alkyl halides is 1. The van der Waals surface area contributed by atoms with Gasteiger partial charge in [-0.2, -0.15) is 0 Å². The van der Waals surface area contributed by atoms with Crippen molar-refractivity contribution >= 4 is 47.6 Å². The van der Waals surface area contributed by atoms with Crippen LogP contribution in [0.1, 0.15) is 58.8 Å². The van der Waals surface area contributed by atoms with E-state index in [0.717, 1.165) is 5.92 Å². The molecule has 4 heteroatoms. The zero-order valence-electron chi connectivity index (χ0n) is 13.5. The monoisotopic (exact) mass is 405 g/mol. The first-order valence-corrected chi connectivity index (χ1v) is 9.69. The topological polar surface area (TPSA) is 3.24 Å². The minimum atomic E-state index is 0.462. The molecule has 1 aliphatic carbocycles. The number of thiocarbonyl (C=S) groups is 1. The summed E-state index contributed by atoms with van der Waals surface area (Å²) < 4.78 is 0.462. The molecular weight excluding hydrogens is 376 g/mol. The van der Waals surface area contributed by atoms with Gasteiger partial charge in [0.1, 0.15) is 7.85 Å². The van der Waals surface area contributed by atoms with Crippen LogP contribution in [-0.2, 0) is 0 Å². The van der Waals surface area contributed by atoms with Gasteiger partial charge in [-0.1, -0.05) is 61.5 Å². The Balaban J connectivity index is 2.23. The van der Waals surface area contributed by atoms with E-state index in [1.807, 2.05) is 0 Å². The van der Waals surface area contributed by atoms with Crippen molar-refractivity contribution in [3.8, 4) is 0 Å². The average Bonchev–Trinajstić information content (AvgIpc) is 2.41.